The van der Waals surface area contributed by atoms with Gasteiger partial charge in [-0.25, -0.2) is 9.79 Å². The molecule has 0 saturated heterocycles. The molecule has 0 atom stereocenters. The number of aliphatic hydroxyl groups is 1. The molecule has 0 amide bonds. The van der Waals surface area contributed by atoms with Crippen LogP contribution in [0.25, 0.3) is 6.08 Å². The lowest BCUT2D eigenvalue weighted by molar-refractivity contribution is -0.384. The molecule has 158 valence electrons. The van der Waals surface area contributed by atoms with Gasteiger partial charge in [-0.15, -0.1) is 0 Å². The summed E-state index contributed by atoms with van der Waals surface area (Å²) in [6.45, 7) is 1.94. The zero-order valence-electron chi connectivity index (χ0n) is 16.2. The maximum Gasteiger partial charge on any atom is 0.344 e. The molecule has 2 aliphatic heterocycles. The van der Waals surface area contributed by atoms with E-state index < -0.39 is 10.9 Å². The Balaban J connectivity index is 1.70. The Kier molecular flexibility index (Phi) is 5.63. The van der Waals surface area contributed by atoms with Crippen LogP contribution < -0.4 is 9.47 Å². The summed E-state index contributed by atoms with van der Waals surface area (Å²) >= 11 is 1.09. The zero-order chi connectivity index (χ0) is 22.0. The Hall–Kier alpha value is -3.79. The van der Waals surface area contributed by atoms with Gasteiger partial charge >= 0.3 is 5.97 Å². The number of nitro benzene ring substituents is 1. The van der Waals surface area contributed by atoms with Gasteiger partial charge in [-0.3, -0.25) is 10.1 Å². The van der Waals surface area contributed by atoms with Crippen molar-refractivity contribution in [1.29, 1.82) is 0 Å². The van der Waals surface area contributed by atoms with E-state index in [0.717, 1.165) is 17.3 Å². The molecular weight excluding hydrogens is 424 g/mol. The fourth-order valence-corrected chi connectivity index (χ4v) is 3.95. The monoisotopic (exact) mass is 440 g/mol. The molecule has 0 bridgehead atoms. The number of fused-ring (bicyclic) bond motifs is 1. The van der Waals surface area contributed by atoms with Crippen molar-refractivity contribution < 1.29 is 29.0 Å². The van der Waals surface area contributed by atoms with E-state index >= 15 is 0 Å². The Morgan fingerprint density at radius 1 is 1.26 bits per heavy atom. The van der Waals surface area contributed by atoms with Gasteiger partial charge in [-0.2, -0.15) is 0 Å². The number of esters is 1. The van der Waals surface area contributed by atoms with Crippen molar-refractivity contribution in [3.8, 4) is 11.5 Å². The number of benzene rings is 2. The number of carbonyl (C=O) groups excluding carboxylic acids is 1. The number of aliphatic hydroxyl groups excluding tert-OH is 1. The summed E-state index contributed by atoms with van der Waals surface area (Å²) in [6, 6.07) is 10.9. The third kappa shape index (κ3) is 4.24. The Bertz CT molecular complexity index is 1150. The van der Waals surface area contributed by atoms with E-state index in [9.17, 15) is 20.0 Å². The predicted molar refractivity (Wildman–Crippen MR) is 115 cm³/mol. The minimum Gasteiger partial charge on any atom is -0.506 e. The molecule has 9 nitrogen and oxygen atoms in total. The van der Waals surface area contributed by atoms with E-state index in [1.54, 1.807) is 31.2 Å². The van der Waals surface area contributed by atoms with Gasteiger partial charge in [0.1, 0.15) is 16.4 Å². The predicted octanol–water partition coefficient (Wildman–Crippen LogP) is 4.52. The van der Waals surface area contributed by atoms with Crippen LogP contribution in [0.3, 0.4) is 0 Å². The summed E-state index contributed by atoms with van der Waals surface area (Å²) < 4.78 is 15.7. The zero-order valence-corrected chi connectivity index (χ0v) is 17.0. The second kappa shape index (κ2) is 8.52. The number of nitro groups is 1. The lowest BCUT2D eigenvalue weighted by Crippen LogP contribution is -2.12. The number of hydrogen-bond acceptors (Lipinski definition) is 9. The molecule has 0 fully saturated rings. The Labute approximate surface area is 180 Å². The van der Waals surface area contributed by atoms with Crippen LogP contribution in [0, 0.1) is 10.1 Å². The number of rotatable bonds is 5. The van der Waals surface area contributed by atoms with Gasteiger partial charge in [0.15, 0.2) is 11.5 Å². The maximum atomic E-state index is 12.5. The van der Waals surface area contributed by atoms with E-state index in [0.29, 0.717) is 22.1 Å². The number of nitrogens with zero attached hydrogens (tertiary/aromatic N) is 2. The summed E-state index contributed by atoms with van der Waals surface area (Å²) in [4.78, 5) is 27.6. The summed E-state index contributed by atoms with van der Waals surface area (Å²) in [5.74, 6) is 0.267. The molecule has 0 radical (unpaired) electrons. The third-order valence-electron chi connectivity index (χ3n) is 4.36. The number of aliphatic imine (C=N–C) groups is 1. The minimum absolute atomic E-state index is 0.0582. The number of hydrogen-bond donors (Lipinski definition) is 1. The first kappa shape index (κ1) is 20.5. The fraction of sp³-hybridized carbons (Fsp3) is 0.143. The molecule has 0 aliphatic carbocycles. The second-order valence-corrected chi connectivity index (χ2v) is 7.39. The smallest absolute Gasteiger partial charge is 0.344 e. The van der Waals surface area contributed by atoms with Crippen molar-refractivity contribution in [1.82, 2.24) is 0 Å². The van der Waals surface area contributed by atoms with Crippen molar-refractivity contribution in [2.45, 2.75) is 6.92 Å². The fourth-order valence-electron chi connectivity index (χ4n) is 2.91. The number of thioether (sulfide) groups is 1. The van der Waals surface area contributed by atoms with Crippen LogP contribution >= 0.6 is 11.8 Å². The van der Waals surface area contributed by atoms with Crippen molar-refractivity contribution in [3.63, 3.8) is 0 Å². The average molecular weight is 440 g/mol. The molecule has 31 heavy (non-hydrogen) atoms. The van der Waals surface area contributed by atoms with Gasteiger partial charge in [-0.05, 0) is 42.8 Å². The molecule has 0 spiro atoms. The highest BCUT2D eigenvalue weighted by Crippen LogP contribution is 2.41. The SMILES string of the molecule is CCOC(=O)C1=C(O)/C(=C\c2ccc3c(c2)OCO3)SC1=Nc1ccc([N+](=O)[O-])cc1. The van der Waals surface area contributed by atoms with Crippen LogP contribution in [0.4, 0.5) is 11.4 Å². The summed E-state index contributed by atoms with van der Waals surface area (Å²) in [6.07, 6.45) is 1.69. The van der Waals surface area contributed by atoms with Crippen molar-refractivity contribution >= 4 is 40.2 Å². The Morgan fingerprint density at radius 3 is 2.71 bits per heavy atom. The van der Waals surface area contributed by atoms with Crippen LogP contribution in [-0.4, -0.2) is 34.4 Å². The van der Waals surface area contributed by atoms with Crippen LogP contribution in [-0.2, 0) is 9.53 Å². The highest BCUT2D eigenvalue weighted by molar-refractivity contribution is 8.18. The molecule has 0 aromatic heterocycles. The molecule has 2 heterocycles. The molecule has 2 aromatic rings. The highest BCUT2D eigenvalue weighted by atomic mass is 32.2. The summed E-state index contributed by atoms with van der Waals surface area (Å²) in [5, 5.41) is 21.8. The van der Waals surface area contributed by atoms with Crippen molar-refractivity contribution in [2.75, 3.05) is 13.4 Å². The number of non-ortho nitro benzene ring substituents is 1. The second-order valence-electron chi connectivity index (χ2n) is 6.36. The van der Waals surface area contributed by atoms with Crippen LogP contribution in [0.5, 0.6) is 11.5 Å². The van der Waals surface area contributed by atoms with Crippen molar-refractivity contribution in [3.05, 3.63) is 74.4 Å². The third-order valence-corrected chi connectivity index (χ3v) is 5.38. The van der Waals surface area contributed by atoms with Crippen LogP contribution in [0.2, 0.25) is 0 Å². The normalized spacial score (nSPS) is 17.5. The maximum absolute atomic E-state index is 12.5. The van der Waals surface area contributed by atoms with Crippen LogP contribution in [0.15, 0.2) is 63.7 Å². The van der Waals surface area contributed by atoms with Gasteiger partial charge in [0.05, 0.1) is 22.1 Å². The largest absolute Gasteiger partial charge is 0.506 e. The first-order valence-corrected chi connectivity index (χ1v) is 10.0. The molecule has 2 aliphatic rings. The van der Waals surface area contributed by atoms with Gasteiger partial charge in [-0.1, -0.05) is 17.8 Å². The minimum atomic E-state index is -0.706. The first-order chi connectivity index (χ1) is 15.0. The molecule has 2 aromatic carbocycles. The van der Waals surface area contributed by atoms with Gasteiger partial charge in [0, 0.05) is 12.1 Å². The number of carbonyl (C=O) groups is 1. The topological polar surface area (TPSA) is 120 Å². The molecule has 1 N–H and O–H groups in total. The molecule has 4 rings (SSSR count). The standard InChI is InChI=1S/C21H16N2O7S/c1-2-28-21(25)18-19(24)17(10-12-3-8-15-16(9-12)30-11-29-15)31-20(18)22-13-4-6-14(7-5-13)23(26)27/h3-10,24H,2,11H2,1H3/b17-10+,22-20?. The van der Waals surface area contributed by atoms with E-state index in [2.05, 4.69) is 4.99 Å². The van der Waals surface area contributed by atoms with E-state index in [4.69, 9.17) is 14.2 Å². The van der Waals surface area contributed by atoms with E-state index in [1.165, 1.54) is 24.3 Å². The number of ether oxygens (including phenoxy) is 3. The van der Waals surface area contributed by atoms with E-state index in [1.807, 2.05) is 0 Å². The molecule has 0 saturated carbocycles. The average Bonchev–Trinajstić information content (AvgIpc) is 3.33. The quantitative estimate of drug-likeness (QED) is 0.409. The van der Waals surface area contributed by atoms with Gasteiger partial charge < -0.3 is 19.3 Å². The molecule has 0 unspecified atom stereocenters. The van der Waals surface area contributed by atoms with Crippen LogP contribution in [0.1, 0.15) is 12.5 Å². The van der Waals surface area contributed by atoms with Crippen molar-refractivity contribution in [2.24, 2.45) is 4.99 Å². The highest BCUT2D eigenvalue weighted by Gasteiger charge is 2.33. The Morgan fingerprint density at radius 2 is 2.00 bits per heavy atom. The summed E-state index contributed by atoms with van der Waals surface area (Å²) in [5.41, 5.74) is 0.998. The lowest BCUT2D eigenvalue weighted by Gasteiger charge is -2.03. The first-order valence-electron chi connectivity index (χ1n) is 9.19. The molecular formula is C21H16N2O7S. The van der Waals surface area contributed by atoms with Gasteiger partial charge in [0.25, 0.3) is 5.69 Å². The summed E-state index contributed by atoms with van der Waals surface area (Å²) in [7, 11) is 0. The van der Waals surface area contributed by atoms with Gasteiger partial charge in [0.2, 0.25) is 6.79 Å². The molecule has 10 heteroatoms. The van der Waals surface area contributed by atoms with E-state index in [-0.39, 0.29) is 35.5 Å². The lowest BCUT2D eigenvalue weighted by atomic mass is 10.1.